The predicted octanol–water partition coefficient (Wildman–Crippen LogP) is 5.37. The zero-order chi connectivity index (χ0) is 15.8. The molecule has 21 heavy (non-hydrogen) atoms. The van der Waals surface area contributed by atoms with Crippen molar-refractivity contribution in [1.82, 2.24) is 0 Å². The Labute approximate surface area is 131 Å². The van der Waals surface area contributed by atoms with Gasteiger partial charge in [-0.2, -0.15) is 18.4 Å². The Kier molecular flexibility index (Phi) is 4.17. The number of phenolic OH excluding ortho intramolecular Hbond substituents is 1. The van der Waals surface area contributed by atoms with Crippen molar-refractivity contribution < 1.29 is 18.3 Å². The Bertz CT molecular complexity index is 753. The Morgan fingerprint density at radius 1 is 1.14 bits per heavy atom. The van der Waals surface area contributed by atoms with Gasteiger partial charge < -0.3 is 5.11 Å². The van der Waals surface area contributed by atoms with Crippen LogP contribution < -0.4 is 0 Å². The summed E-state index contributed by atoms with van der Waals surface area (Å²) in [5, 5.41) is 18.8. The van der Waals surface area contributed by atoms with Crippen molar-refractivity contribution in [3.05, 3.63) is 51.0 Å². The minimum absolute atomic E-state index is 0.0742. The van der Waals surface area contributed by atoms with E-state index in [1.807, 2.05) is 6.07 Å². The van der Waals surface area contributed by atoms with Crippen LogP contribution in [0.15, 0.2) is 34.8 Å². The van der Waals surface area contributed by atoms with E-state index in [1.165, 1.54) is 18.2 Å². The lowest BCUT2D eigenvalue weighted by atomic mass is 10.00. The summed E-state index contributed by atoms with van der Waals surface area (Å²) in [5.41, 5.74) is -0.565. The van der Waals surface area contributed by atoms with Crippen LogP contribution in [0.5, 0.6) is 5.75 Å². The maximum Gasteiger partial charge on any atom is 0.416 e. The van der Waals surface area contributed by atoms with Gasteiger partial charge in [-0.3, -0.25) is 0 Å². The van der Waals surface area contributed by atoms with E-state index in [0.29, 0.717) is 0 Å². The Morgan fingerprint density at radius 2 is 1.81 bits per heavy atom. The Balaban J connectivity index is 2.71. The summed E-state index contributed by atoms with van der Waals surface area (Å²) in [7, 11) is 0. The van der Waals surface area contributed by atoms with Crippen molar-refractivity contribution in [1.29, 1.82) is 5.26 Å². The number of alkyl halides is 3. The van der Waals surface area contributed by atoms with Crippen molar-refractivity contribution in [3.8, 4) is 22.9 Å². The first-order valence-corrected chi connectivity index (χ1v) is 6.70. The molecule has 2 aromatic carbocycles. The molecule has 0 aliphatic heterocycles. The highest BCUT2D eigenvalue weighted by atomic mass is 79.9. The van der Waals surface area contributed by atoms with E-state index in [-0.39, 0.29) is 31.9 Å². The number of aromatic hydroxyl groups is 1. The van der Waals surface area contributed by atoms with E-state index in [1.54, 1.807) is 0 Å². The zero-order valence-corrected chi connectivity index (χ0v) is 12.5. The number of nitrogens with zero attached hydrogens (tertiary/aromatic N) is 1. The van der Waals surface area contributed by atoms with Crippen LogP contribution in [-0.4, -0.2) is 5.11 Å². The molecule has 0 fully saturated rings. The van der Waals surface area contributed by atoms with Crippen LogP contribution in [0.4, 0.5) is 13.2 Å². The second-order valence-corrected chi connectivity index (χ2v) is 5.48. The largest absolute Gasteiger partial charge is 0.506 e. The fourth-order valence-electron chi connectivity index (χ4n) is 1.79. The number of hydrogen-bond acceptors (Lipinski definition) is 2. The average Bonchev–Trinajstić information content (AvgIpc) is 2.40. The van der Waals surface area contributed by atoms with Crippen molar-refractivity contribution in [3.63, 3.8) is 0 Å². The number of benzene rings is 2. The molecular weight excluding hydrogens is 371 g/mol. The maximum atomic E-state index is 12.8. The lowest BCUT2D eigenvalue weighted by Crippen LogP contribution is -2.05. The topological polar surface area (TPSA) is 44.0 Å². The molecule has 0 bridgehead atoms. The summed E-state index contributed by atoms with van der Waals surface area (Å²) in [4.78, 5) is 0. The van der Waals surface area contributed by atoms with Crippen molar-refractivity contribution >= 4 is 27.5 Å². The lowest BCUT2D eigenvalue weighted by molar-refractivity contribution is -0.137. The van der Waals surface area contributed by atoms with Gasteiger partial charge in [0.2, 0.25) is 0 Å². The highest BCUT2D eigenvalue weighted by molar-refractivity contribution is 9.10. The van der Waals surface area contributed by atoms with Gasteiger partial charge in [-0.05, 0) is 51.8 Å². The highest BCUT2D eigenvalue weighted by Gasteiger charge is 2.31. The molecule has 0 unspecified atom stereocenters. The maximum absolute atomic E-state index is 12.8. The van der Waals surface area contributed by atoms with Crippen molar-refractivity contribution in [2.75, 3.05) is 0 Å². The van der Waals surface area contributed by atoms with Gasteiger partial charge in [-0.15, -0.1) is 0 Å². The molecule has 0 amide bonds. The van der Waals surface area contributed by atoms with E-state index in [0.717, 1.165) is 12.1 Å². The van der Waals surface area contributed by atoms with Crippen LogP contribution in [0, 0.1) is 11.3 Å². The molecule has 1 N–H and O–H groups in total. The van der Waals surface area contributed by atoms with Crippen LogP contribution >= 0.6 is 27.5 Å². The molecular formula is C14H6BrClF3NO. The van der Waals surface area contributed by atoms with Gasteiger partial charge >= 0.3 is 6.18 Å². The average molecular weight is 377 g/mol. The normalized spacial score (nSPS) is 11.2. The van der Waals surface area contributed by atoms with E-state index in [9.17, 15) is 18.3 Å². The van der Waals surface area contributed by atoms with E-state index in [4.69, 9.17) is 16.9 Å². The third-order valence-corrected chi connectivity index (χ3v) is 3.55. The predicted molar refractivity (Wildman–Crippen MR) is 76.0 cm³/mol. The molecule has 0 saturated heterocycles. The molecule has 0 atom stereocenters. The van der Waals surface area contributed by atoms with Gasteiger partial charge in [0.05, 0.1) is 21.7 Å². The number of phenols is 1. The molecule has 0 spiro atoms. The summed E-state index contributed by atoms with van der Waals surface area (Å²) in [6.45, 7) is 0. The monoisotopic (exact) mass is 375 g/mol. The van der Waals surface area contributed by atoms with Gasteiger partial charge in [-0.25, -0.2) is 0 Å². The fourth-order valence-corrected chi connectivity index (χ4v) is 2.49. The lowest BCUT2D eigenvalue weighted by Gasteiger charge is -2.12. The Hall–Kier alpha value is -1.71. The van der Waals surface area contributed by atoms with E-state index < -0.39 is 11.7 Å². The number of hydrogen-bond donors (Lipinski definition) is 1. The third kappa shape index (κ3) is 3.31. The summed E-state index contributed by atoms with van der Waals surface area (Å²) in [6, 6.07) is 7.49. The molecule has 0 aliphatic rings. The first-order valence-electron chi connectivity index (χ1n) is 5.53. The molecule has 7 heteroatoms. The molecule has 0 radical (unpaired) electrons. The van der Waals surface area contributed by atoms with Gasteiger partial charge in [0, 0.05) is 10.6 Å². The Morgan fingerprint density at radius 3 is 2.38 bits per heavy atom. The molecule has 108 valence electrons. The molecule has 0 heterocycles. The molecule has 2 rings (SSSR count). The smallest absolute Gasteiger partial charge is 0.416 e. The quantitative estimate of drug-likeness (QED) is 0.727. The van der Waals surface area contributed by atoms with Gasteiger partial charge in [0.15, 0.2) is 0 Å². The fraction of sp³-hybridized carbons (Fsp3) is 0.0714. The van der Waals surface area contributed by atoms with Crippen LogP contribution in [0.2, 0.25) is 5.02 Å². The summed E-state index contributed by atoms with van der Waals surface area (Å²) in [5.74, 6) is -0.260. The van der Waals surface area contributed by atoms with Gasteiger partial charge in [-0.1, -0.05) is 11.6 Å². The van der Waals surface area contributed by atoms with E-state index >= 15 is 0 Å². The first-order chi connectivity index (χ1) is 9.72. The summed E-state index contributed by atoms with van der Waals surface area (Å²) >= 11 is 8.77. The second kappa shape index (κ2) is 5.58. The number of nitriles is 1. The minimum atomic E-state index is -4.56. The first kappa shape index (κ1) is 15.7. The van der Waals surface area contributed by atoms with E-state index in [2.05, 4.69) is 15.9 Å². The molecule has 0 aliphatic carbocycles. The minimum Gasteiger partial charge on any atom is -0.506 e. The molecule has 2 aromatic rings. The molecule has 0 saturated carbocycles. The van der Waals surface area contributed by atoms with Crippen LogP contribution in [0.25, 0.3) is 11.1 Å². The van der Waals surface area contributed by atoms with Gasteiger partial charge in [0.1, 0.15) is 5.75 Å². The van der Waals surface area contributed by atoms with Crippen LogP contribution in [0.1, 0.15) is 11.1 Å². The second-order valence-electron chi connectivity index (χ2n) is 4.19. The van der Waals surface area contributed by atoms with Crippen LogP contribution in [-0.2, 0) is 6.18 Å². The highest BCUT2D eigenvalue weighted by Crippen LogP contribution is 2.40. The van der Waals surface area contributed by atoms with Crippen LogP contribution in [0.3, 0.4) is 0 Å². The molecule has 2 nitrogen and oxygen atoms in total. The van der Waals surface area contributed by atoms with Crippen molar-refractivity contribution in [2.24, 2.45) is 0 Å². The number of halogens is 5. The number of rotatable bonds is 1. The SMILES string of the molecule is N#Cc1cc(Br)c(O)c(-c2cc(Cl)cc(C(F)(F)F)c2)c1. The summed E-state index contributed by atoms with van der Waals surface area (Å²) < 4.78 is 38.6. The zero-order valence-electron chi connectivity index (χ0n) is 10.2. The third-order valence-electron chi connectivity index (χ3n) is 2.73. The van der Waals surface area contributed by atoms with Crippen molar-refractivity contribution in [2.45, 2.75) is 6.18 Å². The standard InChI is InChI=1S/C14H6BrClF3NO/c15-12-2-7(6-20)1-11(13(12)21)8-3-9(14(17,18)19)5-10(16)4-8/h1-5,21H. The summed E-state index contributed by atoms with van der Waals surface area (Å²) in [6.07, 6.45) is -4.56. The molecule has 0 aromatic heterocycles. The van der Waals surface area contributed by atoms with Gasteiger partial charge in [0.25, 0.3) is 0 Å².